The van der Waals surface area contributed by atoms with Crippen LogP contribution in [0.1, 0.15) is 15.9 Å². The molecule has 0 bridgehead atoms. The molecule has 0 aliphatic carbocycles. The van der Waals surface area contributed by atoms with Gasteiger partial charge in [0.1, 0.15) is 5.75 Å². The molecule has 0 unspecified atom stereocenters. The quantitative estimate of drug-likeness (QED) is 0.553. The molecule has 4 rings (SSSR count). The van der Waals surface area contributed by atoms with Crippen LogP contribution in [0.4, 0.5) is 5.69 Å². The molecule has 0 spiro atoms. The monoisotopic (exact) mass is 375 g/mol. The molecule has 0 atom stereocenters. The molecular weight excluding hydrogens is 358 g/mol. The van der Waals surface area contributed by atoms with Crippen molar-refractivity contribution in [2.24, 2.45) is 0 Å². The van der Waals surface area contributed by atoms with Crippen molar-refractivity contribution >= 4 is 17.6 Å². The minimum atomic E-state index is -0.896. The first-order chi connectivity index (χ1) is 13.7. The fourth-order valence-corrected chi connectivity index (χ4v) is 3.22. The molecule has 0 aromatic heterocycles. The lowest BCUT2D eigenvalue weighted by Crippen LogP contribution is -2.38. The Bertz CT molecular complexity index is 1030. The van der Waals surface area contributed by atoms with Crippen LogP contribution in [0.15, 0.2) is 72.8 Å². The van der Waals surface area contributed by atoms with Crippen molar-refractivity contribution in [3.05, 3.63) is 83.9 Å². The van der Waals surface area contributed by atoms with Gasteiger partial charge in [0.05, 0.1) is 17.8 Å². The molecule has 0 saturated heterocycles. The Morgan fingerprint density at radius 1 is 1.00 bits per heavy atom. The number of rotatable bonds is 4. The van der Waals surface area contributed by atoms with Crippen LogP contribution in [0, 0.1) is 0 Å². The molecule has 1 aliphatic rings. The van der Waals surface area contributed by atoms with Crippen molar-refractivity contribution in [2.45, 2.75) is 6.54 Å². The van der Waals surface area contributed by atoms with Crippen LogP contribution in [-0.4, -0.2) is 23.7 Å². The summed E-state index contributed by atoms with van der Waals surface area (Å²) in [6.07, 6.45) is 0. The van der Waals surface area contributed by atoms with Gasteiger partial charge in [0, 0.05) is 0 Å². The van der Waals surface area contributed by atoms with Gasteiger partial charge in [-0.1, -0.05) is 48.5 Å². The maximum absolute atomic E-state index is 12.5. The van der Waals surface area contributed by atoms with Crippen LogP contribution in [0.25, 0.3) is 11.1 Å². The highest BCUT2D eigenvalue weighted by Crippen LogP contribution is 2.34. The topological polar surface area (TPSA) is 76.1 Å². The third-order valence-electron chi connectivity index (χ3n) is 4.60. The normalized spacial score (nSPS) is 12.9. The van der Waals surface area contributed by atoms with Gasteiger partial charge in [-0.25, -0.2) is 4.79 Å². The lowest BCUT2D eigenvalue weighted by molar-refractivity contribution is -0.182. The maximum atomic E-state index is 12.5. The summed E-state index contributed by atoms with van der Waals surface area (Å²) < 4.78 is 5.46. The summed E-state index contributed by atoms with van der Waals surface area (Å²) in [6.45, 7) is 0.253. The molecule has 1 heterocycles. The van der Waals surface area contributed by atoms with E-state index >= 15 is 0 Å². The first-order valence-electron chi connectivity index (χ1n) is 8.73. The number of carbonyl (C=O) groups is 2. The maximum Gasteiger partial charge on any atom is 0.372 e. The smallest absolute Gasteiger partial charge is 0.372 e. The number of anilines is 1. The predicted molar refractivity (Wildman–Crippen MR) is 103 cm³/mol. The first-order valence-corrected chi connectivity index (χ1v) is 8.73. The molecule has 0 radical (unpaired) electrons. The number of hydrogen-bond acceptors (Lipinski definition) is 5. The Kier molecular flexibility index (Phi) is 4.78. The molecule has 1 aliphatic heterocycles. The molecule has 0 fully saturated rings. The van der Waals surface area contributed by atoms with Crippen molar-refractivity contribution in [3.8, 4) is 16.9 Å². The summed E-state index contributed by atoms with van der Waals surface area (Å²) >= 11 is 0. The molecule has 0 saturated carbocycles. The van der Waals surface area contributed by atoms with E-state index in [4.69, 9.17) is 9.99 Å². The molecule has 140 valence electrons. The van der Waals surface area contributed by atoms with Gasteiger partial charge in [-0.05, 0) is 41.0 Å². The summed E-state index contributed by atoms with van der Waals surface area (Å²) in [6, 6.07) is 22.5. The fraction of sp³-hybridized carbons (Fsp3) is 0.0909. The van der Waals surface area contributed by atoms with Gasteiger partial charge in [0.15, 0.2) is 6.61 Å². The van der Waals surface area contributed by atoms with Crippen LogP contribution in [-0.2, 0) is 16.2 Å². The molecule has 3 aromatic carbocycles. The largest absolute Gasteiger partial charge is 0.482 e. The van der Waals surface area contributed by atoms with E-state index in [0.29, 0.717) is 18.0 Å². The molecule has 6 nitrogen and oxygen atoms in total. The zero-order chi connectivity index (χ0) is 19.5. The zero-order valence-electron chi connectivity index (χ0n) is 14.9. The van der Waals surface area contributed by atoms with E-state index in [2.05, 4.69) is 4.89 Å². The number of ether oxygens (including phenoxy) is 1. The first kappa shape index (κ1) is 17.8. The number of amides is 1. The average molecular weight is 375 g/mol. The van der Waals surface area contributed by atoms with Crippen molar-refractivity contribution in [1.82, 2.24) is 0 Å². The van der Waals surface area contributed by atoms with E-state index < -0.39 is 5.97 Å². The van der Waals surface area contributed by atoms with Gasteiger partial charge < -0.3 is 9.64 Å². The number of hydrogen-bond donors (Lipinski definition) is 1. The molecule has 3 aromatic rings. The summed E-state index contributed by atoms with van der Waals surface area (Å²) in [5.41, 5.74) is 3.67. The van der Waals surface area contributed by atoms with Gasteiger partial charge in [-0.2, -0.15) is 5.26 Å². The Balaban J connectivity index is 1.67. The Labute approximate surface area is 161 Å². The second-order valence-corrected chi connectivity index (χ2v) is 6.40. The van der Waals surface area contributed by atoms with Gasteiger partial charge >= 0.3 is 5.97 Å². The SMILES string of the molecule is O=C(OO)c1ccc2c(c1)N(Cc1cccc(-c3ccccc3)c1)C(=O)CO2. The summed E-state index contributed by atoms with van der Waals surface area (Å²) in [5.74, 6) is -0.618. The molecule has 1 N–H and O–H groups in total. The average Bonchev–Trinajstić information content (AvgIpc) is 2.75. The molecule has 1 amide bonds. The molecule has 6 heteroatoms. The van der Waals surface area contributed by atoms with Crippen LogP contribution >= 0.6 is 0 Å². The minimum absolute atomic E-state index is 0.0742. The molecule has 28 heavy (non-hydrogen) atoms. The van der Waals surface area contributed by atoms with E-state index in [0.717, 1.165) is 16.7 Å². The van der Waals surface area contributed by atoms with Crippen LogP contribution in [0.5, 0.6) is 5.75 Å². The second kappa shape index (κ2) is 7.54. The highest BCUT2D eigenvalue weighted by Gasteiger charge is 2.27. The van der Waals surface area contributed by atoms with Gasteiger partial charge in [0.25, 0.3) is 5.91 Å². The van der Waals surface area contributed by atoms with Gasteiger partial charge in [-0.3, -0.25) is 9.68 Å². The summed E-state index contributed by atoms with van der Waals surface area (Å²) in [5, 5.41) is 8.62. The van der Waals surface area contributed by atoms with E-state index in [9.17, 15) is 9.59 Å². The van der Waals surface area contributed by atoms with Crippen molar-refractivity contribution < 1.29 is 24.5 Å². The lowest BCUT2D eigenvalue weighted by Gasteiger charge is -2.29. The number of carbonyl (C=O) groups excluding carboxylic acids is 2. The summed E-state index contributed by atoms with van der Waals surface area (Å²) in [7, 11) is 0. The number of nitrogens with zero attached hydrogens (tertiary/aromatic N) is 1. The zero-order valence-corrected chi connectivity index (χ0v) is 14.9. The standard InChI is InChI=1S/C22H17NO5/c24-21-14-27-20-10-9-18(22(25)28-26)12-19(20)23(21)13-15-5-4-8-17(11-15)16-6-2-1-3-7-16/h1-12,26H,13-14H2. The third-order valence-corrected chi connectivity index (χ3v) is 4.60. The highest BCUT2D eigenvalue weighted by atomic mass is 17.1. The number of benzene rings is 3. The lowest BCUT2D eigenvalue weighted by atomic mass is 10.0. The van der Waals surface area contributed by atoms with Gasteiger partial charge in [0.2, 0.25) is 0 Å². The van der Waals surface area contributed by atoms with E-state index in [-0.39, 0.29) is 18.1 Å². The fourth-order valence-electron chi connectivity index (χ4n) is 3.22. The van der Waals surface area contributed by atoms with Crippen LogP contribution in [0.3, 0.4) is 0 Å². The minimum Gasteiger partial charge on any atom is -0.482 e. The van der Waals surface area contributed by atoms with Crippen molar-refractivity contribution in [3.63, 3.8) is 0 Å². The Hall–Kier alpha value is -3.64. The van der Waals surface area contributed by atoms with Crippen molar-refractivity contribution in [2.75, 3.05) is 11.5 Å². The van der Waals surface area contributed by atoms with Crippen LogP contribution < -0.4 is 9.64 Å². The highest BCUT2D eigenvalue weighted by molar-refractivity contribution is 6.00. The van der Waals surface area contributed by atoms with E-state index in [1.165, 1.54) is 12.1 Å². The van der Waals surface area contributed by atoms with E-state index in [1.54, 1.807) is 11.0 Å². The third kappa shape index (κ3) is 3.45. The predicted octanol–water partition coefficient (Wildman–Crippen LogP) is 3.91. The Morgan fingerprint density at radius 2 is 1.79 bits per heavy atom. The van der Waals surface area contributed by atoms with Crippen molar-refractivity contribution in [1.29, 1.82) is 0 Å². The Morgan fingerprint density at radius 3 is 2.57 bits per heavy atom. The van der Waals surface area contributed by atoms with E-state index in [1.807, 2.05) is 54.6 Å². The molecular formula is C22H17NO5. The number of fused-ring (bicyclic) bond motifs is 1. The summed E-state index contributed by atoms with van der Waals surface area (Å²) in [4.78, 5) is 29.5. The second-order valence-electron chi connectivity index (χ2n) is 6.40. The van der Waals surface area contributed by atoms with Crippen LogP contribution in [0.2, 0.25) is 0 Å². The van der Waals surface area contributed by atoms with Gasteiger partial charge in [-0.15, -0.1) is 0 Å².